The molecule has 2 saturated heterocycles. The van der Waals surface area contributed by atoms with Crippen molar-refractivity contribution >= 4 is 23.4 Å². The Hall–Kier alpha value is -1.40. The lowest BCUT2D eigenvalue weighted by Gasteiger charge is -2.37. The normalized spacial score (nSPS) is 21.6. The number of benzene rings is 1. The molecular formula is C18H27N3O2S. The number of piperazine rings is 1. The first-order valence-electron chi connectivity index (χ1n) is 8.83. The number of anilines is 1. The smallest absolute Gasteiger partial charge is 0.224 e. The van der Waals surface area contributed by atoms with Crippen LogP contribution in [0.2, 0.25) is 0 Å². The summed E-state index contributed by atoms with van der Waals surface area (Å²) in [6.07, 6.45) is 0.628. The minimum Gasteiger partial charge on any atom is -0.492 e. The molecule has 0 radical (unpaired) electrons. The van der Waals surface area contributed by atoms with Gasteiger partial charge >= 0.3 is 0 Å². The van der Waals surface area contributed by atoms with E-state index in [0.717, 1.165) is 55.7 Å². The molecule has 2 fully saturated rings. The minimum atomic E-state index is 0.285. The molecule has 1 aromatic carbocycles. The van der Waals surface area contributed by atoms with Crippen molar-refractivity contribution in [2.24, 2.45) is 0 Å². The van der Waals surface area contributed by atoms with Gasteiger partial charge in [0.15, 0.2) is 0 Å². The fourth-order valence-corrected chi connectivity index (χ4v) is 4.23. The lowest BCUT2D eigenvalue weighted by molar-refractivity contribution is -0.131. The van der Waals surface area contributed by atoms with E-state index in [0.29, 0.717) is 19.1 Å². The van der Waals surface area contributed by atoms with Crippen LogP contribution in [0.1, 0.15) is 13.3 Å². The second kappa shape index (κ2) is 8.62. The topological polar surface area (TPSA) is 44.8 Å². The van der Waals surface area contributed by atoms with E-state index in [9.17, 15) is 4.79 Å². The molecule has 132 valence electrons. The van der Waals surface area contributed by atoms with Crippen LogP contribution in [0.4, 0.5) is 5.69 Å². The Morgan fingerprint density at radius 3 is 2.79 bits per heavy atom. The Morgan fingerprint density at radius 1 is 1.29 bits per heavy atom. The molecule has 0 spiro atoms. The maximum absolute atomic E-state index is 12.5. The summed E-state index contributed by atoms with van der Waals surface area (Å²) in [6.45, 7) is 7.00. The van der Waals surface area contributed by atoms with Crippen molar-refractivity contribution in [2.45, 2.75) is 19.4 Å². The zero-order valence-electron chi connectivity index (χ0n) is 14.4. The molecule has 0 aliphatic carbocycles. The summed E-state index contributed by atoms with van der Waals surface area (Å²) in [5.74, 6) is 3.42. The molecule has 2 heterocycles. The fraction of sp³-hybridized carbons (Fsp3) is 0.611. The SMILES string of the molecule is CCOc1ccccc1N1CCN(C(=O)CC2CSCCN2)CC1. The molecule has 0 aromatic heterocycles. The first-order chi connectivity index (χ1) is 11.8. The molecule has 2 aliphatic heterocycles. The van der Waals surface area contributed by atoms with Crippen LogP contribution in [-0.4, -0.2) is 67.7 Å². The van der Waals surface area contributed by atoms with Gasteiger partial charge in [0.2, 0.25) is 5.91 Å². The van der Waals surface area contributed by atoms with E-state index in [-0.39, 0.29) is 5.91 Å². The van der Waals surface area contributed by atoms with Crippen molar-refractivity contribution in [3.8, 4) is 5.75 Å². The van der Waals surface area contributed by atoms with Crippen LogP contribution in [0.25, 0.3) is 0 Å². The Labute approximate surface area is 148 Å². The number of hydrogen-bond donors (Lipinski definition) is 1. The number of para-hydroxylation sites is 2. The predicted octanol–water partition coefficient (Wildman–Crippen LogP) is 1.83. The number of rotatable bonds is 5. The number of thioether (sulfide) groups is 1. The number of hydrogen-bond acceptors (Lipinski definition) is 5. The van der Waals surface area contributed by atoms with E-state index in [4.69, 9.17) is 4.74 Å². The van der Waals surface area contributed by atoms with Gasteiger partial charge in [0.1, 0.15) is 5.75 Å². The minimum absolute atomic E-state index is 0.285. The number of nitrogens with one attached hydrogen (secondary N) is 1. The second-order valence-corrected chi connectivity index (χ2v) is 7.35. The van der Waals surface area contributed by atoms with Crippen molar-refractivity contribution in [2.75, 3.05) is 55.7 Å². The summed E-state index contributed by atoms with van der Waals surface area (Å²) in [5, 5.41) is 3.45. The highest BCUT2D eigenvalue weighted by Gasteiger charge is 2.25. The van der Waals surface area contributed by atoms with Gasteiger partial charge in [-0.15, -0.1) is 0 Å². The molecular weight excluding hydrogens is 322 g/mol. The van der Waals surface area contributed by atoms with Gasteiger partial charge in [-0.2, -0.15) is 11.8 Å². The van der Waals surface area contributed by atoms with Crippen LogP contribution in [0.15, 0.2) is 24.3 Å². The summed E-state index contributed by atoms with van der Waals surface area (Å²) >= 11 is 1.94. The van der Waals surface area contributed by atoms with Gasteiger partial charge in [0.05, 0.1) is 12.3 Å². The van der Waals surface area contributed by atoms with Crippen LogP contribution >= 0.6 is 11.8 Å². The van der Waals surface area contributed by atoms with E-state index >= 15 is 0 Å². The van der Waals surface area contributed by atoms with Crippen molar-refractivity contribution in [1.29, 1.82) is 0 Å². The number of amides is 1. The average Bonchev–Trinajstić information content (AvgIpc) is 2.63. The Bertz CT molecular complexity index is 541. The highest BCUT2D eigenvalue weighted by atomic mass is 32.2. The first kappa shape index (κ1) is 17.4. The van der Waals surface area contributed by atoms with Gasteiger partial charge in [-0.25, -0.2) is 0 Å². The first-order valence-corrected chi connectivity index (χ1v) is 9.99. The lowest BCUT2D eigenvalue weighted by atomic mass is 10.1. The Morgan fingerprint density at radius 2 is 2.08 bits per heavy atom. The van der Waals surface area contributed by atoms with Crippen LogP contribution in [0, 0.1) is 0 Å². The van der Waals surface area contributed by atoms with Crippen molar-refractivity contribution in [3.05, 3.63) is 24.3 Å². The molecule has 1 unspecified atom stereocenters. The molecule has 1 aromatic rings. The zero-order valence-corrected chi connectivity index (χ0v) is 15.2. The summed E-state index contributed by atoms with van der Waals surface area (Å²) < 4.78 is 5.73. The van der Waals surface area contributed by atoms with E-state index in [1.54, 1.807) is 0 Å². The molecule has 0 bridgehead atoms. The van der Waals surface area contributed by atoms with Crippen molar-refractivity contribution in [3.63, 3.8) is 0 Å². The quantitative estimate of drug-likeness (QED) is 0.879. The predicted molar refractivity (Wildman–Crippen MR) is 100 cm³/mol. The molecule has 1 N–H and O–H groups in total. The standard InChI is InChI=1S/C18H27N3O2S/c1-2-23-17-6-4-3-5-16(17)20-8-10-21(11-9-20)18(22)13-15-14-24-12-7-19-15/h3-6,15,19H,2,7-14H2,1H3. The van der Waals surface area contributed by atoms with Crippen molar-refractivity contribution in [1.82, 2.24) is 10.2 Å². The highest BCUT2D eigenvalue weighted by Crippen LogP contribution is 2.28. The zero-order chi connectivity index (χ0) is 16.8. The largest absolute Gasteiger partial charge is 0.492 e. The van der Waals surface area contributed by atoms with Gasteiger partial charge in [0, 0.05) is 56.7 Å². The number of carbonyl (C=O) groups is 1. The second-order valence-electron chi connectivity index (χ2n) is 6.20. The van der Waals surface area contributed by atoms with Gasteiger partial charge in [0.25, 0.3) is 0 Å². The molecule has 24 heavy (non-hydrogen) atoms. The van der Waals surface area contributed by atoms with Crippen LogP contribution in [-0.2, 0) is 4.79 Å². The van der Waals surface area contributed by atoms with Gasteiger partial charge in [-0.3, -0.25) is 4.79 Å². The van der Waals surface area contributed by atoms with Gasteiger partial charge < -0.3 is 19.9 Å². The van der Waals surface area contributed by atoms with E-state index in [1.165, 1.54) is 0 Å². The fourth-order valence-electron chi connectivity index (χ4n) is 3.28. The monoisotopic (exact) mass is 349 g/mol. The number of ether oxygens (including phenoxy) is 1. The molecule has 3 rings (SSSR count). The summed E-state index contributed by atoms with van der Waals surface area (Å²) in [7, 11) is 0. The molecule has 6 heteroatoms. The molecule has 1 atom stereocenters. The molecule has 0 saturated carbocycles. The van der Waals surface area contributed by atoms with Crippen LogP contribution in [0.5, 0.6) is 5.75 Å². The molecule has 5 nitrogen and oxygen atoms in total. The maximum Gasteiger partial charge on any atom is 0.224 e. The average molecular weight is 350 g/mol. The molecule has 1 amide bonds. The van der Waals surface area contributed by atoms with Gasteiger partial charge in [-0.1, -0.05) is 12.1 Å². The Balaban J connectivity index is 1.53. The van der Waals surface area contributed by atoms with Crippen molar-refractivity contribution < 1.29 is 9.53 Å². The van der Waals surface area contributed by atoms with Crippen LogP contribution < -0.4 is 15.0 Å². The van der Waals surface area contributed by atoms with Gasteiger partial charge in [-0.05, 0) is 19.1 Å². The van der Waals surface area contributed by atoms with E-state index < -0.39 is 0 Å². The molecule has 2 aliphatic rings. The summed E-state index contributed by atoms with van der Waals surface area (Å²) in [6, 6.07) is 8.51. The summed E-state index contributed by atoms with van der Waals surface area (Å²) in [4.78, 5) is 16.8. The third-order valence-electron chi connectivity index (χ3n) is 4.56. The number of carbonyl (C=O) groups excluding carboxylic acids is 1. The van der Waals surface area contributed by atoms with E-state index in [1.807, 2.05) is 41.8 Å². The van der Waals surface area contributed by atoms with E-state index in [2.05, 4.69) is 16.3 Å². The maximum atomic E-state index is 12.5. The third kappa shape index (κ3) is 4.36. The highest BCUT2D eigenvalue weighted by molar-refractivity contribution is 7.99. The lowest BCUT2D eigenvalue weighted by Crippen LogP contribution is -2.50. The Kier molecular flexibility index (Phi) is 6.26. The third-order valence-corrected chi connectivity index (χ3v) is 5.69. The summed E-state index contributed by atoms with van der Waals surface area (Å²) in [5.41, 5.74) is 1.14. The van der Waals surface area contributed by atoms with Crippen LogP contribution in [0.3, 0.4) is 0 Å². The number of nitrogens with zero attached hydrogens (tertiary/aromatic N) is 2.